The van der Waals surface area contributed by atoms with Crippen LogP contribution in [0.2, 0.25) is 5.02 Å². The molecule has 1 N–H and O–H groups in total. The number of hydrogen-bond acceptors (Lipinski definition) is 4. The fourth-order valence-electron chi connectivity index (χ4n) is 1.32. The smallest absolute Gasteiger partial charge is 0.170 e. The number of halogens is 2. The standard InChI is InChI=1S/C9H9ClFN5/c1-12-5-8-13-14-15-16(8)7-4-2-3-6(10)9(7)11/h2-4,12H,5H2,1H3. The highest BCUT2D eigenvalue weighted by molar-refractivity contribution is 6.30. The van der Waals surface area contributed by atoms with Gasteiger partial charge in [0.2, 0.25) is 0 Å². The predicted octanol–water partition coefficient (Wildman–Crippen LogP) is 1.17. The van der Waals surface area contributed by atoms with Gasteiger partial charge in [0.05, 0.1) is 11.6 Å². The maximum atomic E-state index is 13.7. The second kappa shape index (κ2) is 4.54. The molecule has 5 nitrogen and oxygen atoms in total. The molecular formula is C9H9ClFN5. The minimum Gasteiger partial charge on any atom is -0.313 e. The van der Waals surface area contributed by atoms with Crippen LogP contribution in [0.1, 0.15) is 5.82 Å². The maximum absolute atomic E-state index is 13.7. The van der Waals surface area contributed by atoms with Gasteiger partial charge in [0.1, 0.15) is 5.69 Å². The molecule has 0 radical (unpaired) electrons. The molecule has 7 heteroatoms. The number of nitrogens with one attached hydrogen (secondary N) is 1. The molecule has 0 aliphatic carbocycles. The summed E-state index contributed by atoms with van der Waals surface area (Å²) in [5.41, 5.74) is 0.239. The van der Waals surface area contributed by atoms with Gasteiger partial charge in [0.25, 0.3) is 0 Å². The summed E-state index contributed by atoms with van der Waals surface area (Å²) < 4.78 is 15.0. The van der Waals surface area contributed by atoms with Gasteiger partial charge in [-0.25, -0.2) is 4.39 Å². The second-order valence-electron chi connectivity index (χ2n) is 3.11. The zero-order chi connectivity index (χ0) is 11.5. The number of aromatic nitrogens is 4. The van der Waals surface area contributed by atoms with Gasteiger partial charge in [-0.15, -0.1) is 5.10 Å². The molecule has 1 heterocycles. The third kappa shape index (κ3) is 1.89. The van der Waals surface area contributed by atoms with Crippen LogP contribution >= 0.6 is 11.6 Å². The maximum Gasteiger partial charge on any atom is 0.170 e. The van der Waals surface area contributed by atoms with E-state index in [1.165, 1.54) is 10.7 Å². The third-order valence-electron chi connectivity index (χ3n) is 2.03. The molecule has 0 amide bonds. The van der Waals surface area contributed by atoms with Gasteiger partial charge in [0, 0.05) is 0 Å². The van der Waals surface area contributed by atoms with Crippen molar-refractivity contribution in [3.63, 3.8) is 0 Å². The molecule has 0 spiro atoms. The Morgan fingerprint density at radius 3 is 3.06 bits per heavy atom. The van der Waals surface area contributed by atoms with Crippen molar-refractivity contribution < 1.29 is 4.39 Å². The summed E-state index contributed by atoms with van der Waals surface area (Å²) in [6.07, 6.45) is 0. The predicted molar refractivity (Wildman–Crippen MR) is 56.9 cm³/mol. The zero-order valence-corrected chi connectivity index (χ0v) is 9.24. The van der Waals surface area contributed by atoms with Crippen LogP contribution in [0.3, 0.4) is 0 Å². The molecule has 0 aliphatic heterocycles. The van der Waals surface area contributed by atoms with Crippen LogP contribution in [0.4, 0.5) is 4.39 Å². The van der Waals surface area contributed by atoms with Crippen LogP contribution in [-0.4, -0.2) is 27.3 Å². The van der Waals surface area contributed by atoms with Crippen molar-refractivity contribution in [1.82, 2.24) is 25.5 Å². The van der Waals surface area contributed by atoms with Crippen LogP contribution in [-0.2, 0) is 6.54 Å². The molecule has 0 unspecified atom stereocenters. The normalized spacial score (nSPS) is 10.7. The lowest BCUT2D eigenvalue weighted by atomic mass is 10.3. The molecule has 0 aliphatic rings. The Hall–Kier alpha value is -1.53. The molecule has 1 aromatic carbocycles. The Balaban J connectivity index is 2.50. The van der Waals surface area contributed by atoms with Gasteiger partial charge in [0.15, 0.2) is 11.6 Å². The van der Waals surface area contributed by atoms with E-state index < -0.39 is 5.82 Å². The first kappa shape index (κ1) is 11.0. The summed E-state index contributed by atoms with van der Waals surface area (Å²) in [6, 6.07) is 4.69. The van der Waals surface area contributed by atoms with Gasteiger partial charge in [-0.05, 0) is 29.6 Å². The number of nitrogens with zero attached hydrogens (tertiary/aromatic N) is 4. The largest absolute Gasteiger partial charge is 0.313 e. The van der Waals surface area contributed by atoms with Crippen molar-refractivity contribution in [3.8, 4) is 5.69 Å². The average molecular weight is 242 g/mol. The Morgan fingerprint density at radius 2 is 2.31 bits per heavy atom. The quantitative estimate of drug-likeness (QED) is 0.877. The van der Waals surface area contributed by atoms with Gasteiger partial charge < -0.3 is 5.32 Å². The number of benzene rings is 1. The van der Waals surface area contributed by atoms with Crippen molar-refractivity contribution in [3.05, 3.63) is 34.9 Å². The van der Waals surface area contributed by atoms with Gasteiger partial charge in [-0.1, -0.05) is 17.7 Å². The minimum absolute atomic E-state index is 0.0448. The Morgan fingerprint density at radius 1 is 1.50 bits per heavy atom. The molecule has 0 atom stereocenters. The molecule has 0 saturated carbocycles. The van der Waals surface area contributed by atoms with Crippen molar-refractivity contribution in [2.75, 3.05) is 7.05 Å². The summed E-state index contributed by atoms with van der Waals surface area (Å²) in [5.74, 6) is -0.0162. The van der Waals surface area contributed by atoms with E-state index in [0.717, 1.165) is 0 Å². The second-order valence-corrected chi connectivity index (χ2v) is 3.52. The van der Waals surface area contributed by atoms with Gasteiger partial charge >= 0.3 is 0 Å². The molecule has 2 aromatic rings. The van der Waals surface area contributed by atoms with E-state index in [1.807, 2.05) is 0 Å². The fraction of sp³-hybridized carbons (Fsp3) is 0.222. The molecule has 0 fully saturated rings. The van der Waals surface area contributed by atoms with Crippen molar-refractivity contribution >= 4 is 11.6 Å². The third-order valence-corrected chi connectivity index (χ3v) is 2.32. The Kier molecular flexibility index (Phi) is 3.12. The van der Waals surface area contributed by atoms with E-state index in [2.05, 4.69) is 20.8 Å². The molecule has 0 bridgehead atoms. The molecule has 84 valence electrons. The molecule has 0 saturated heterocycles. The fourth-order valence-corrected chi connectivity index (χ4v) is 1.49. The van der Waals surface area contributed by atoms with Gasteiger partial charge in [-0.3, -0.25) is 0 Å². The molecule has 2 rings (SSSR count). The van der Waals surface area contributed by atoms with Crippen LogP contribution in [0.25, 0.3) is 5.69 Å². The van der Waals surface area contributed by atoms with Crippen molar-refractivity contribution in [2.45, 2.75) is 6.54 Å². The lowest BCUT2D eigenvalue weighted by molar-refractivity contribution is 0.599. The highest BCUT2D eigenvalue weighted by atomic mass is 35.5. The zero-order valence-electron chi connectivity index (χ0n) is 8.48. The lowest BCUT2D eigenvalue weighted by Gasteiger charge is -2.05. The minimum atomic E-state index is -0.534. The highest BCUT2D eigenvalue weighted by Gasteiger charge is 2.13. The Labute approximate surface area is 96.2 Å². The van der Waals surface area contributed by atoms with Crippen LogP contribution in [0.5, 0.6) is 0 Å². The topological polar surface area (TPSA) is 55.6 Å². The summed E-state index contributed by atoms with van der Waals surface area (Å²) in [5, 5.41) is 13.9. The highest BCUT2D eigenvalue weighted by Crippen LogP contribution is 2.20. The number of hydrogen-bond donors (Lipinski definition) is 1. The van der Waals surface area contributed by atoms with Crippen molar-refractivity contribution in [2.24, 2.45) is 0 Å². The molecule has 1 aromatic heterocycles. The van der Waals surface area contributed by atoms with Crippen LogP contribution in [0, 0.1) is 5.82 Å². The summed E-state index contributed by atoms with van der Waals surface area (Å²) >= 11 is 5.69. The lowest BCUT2D eigenvalue weighted by Crippen LogP contribution is -2.13. The SMILES string of the molecule is CNCc1nnnn1-c1cccc(Cl)c1F. The first-order valence-corrected chi connectivity index (χ1v) is 4.98. The number of rotatable bonds is 3. The van der Waals surface area contributed by atoms with Crippen LogP contribution < -0.4 is 5.32 Å². The van der Waals surface area contributed by atoms with Gasteiger partial charge in [-0.2, -0.15) is 4.68 Å². The van der Waals surface area contributed by atoms with E-state index in [4.69, 9.17) is 11.6 Å². The average Bonchev–Trinajstić information content (AvgIpc) is 2.71. The van der Waals surface area contributed by atoms with E-state index >= 15 is 0 Å². The number of tetrazole rings is 1. The van der Waals surface area contributed by atoms with Crippen LogP contribution in [0.15, 0.2) is 18.2 Å². The van der Waals surface area contributed by atoms with E-state index in [-0.39, 0.29) is 10.7 Å². The monoisotopic (exact) mass is 241 g/mol. The Bertz CT molecular complexity index is 498. The molecular weight excluding hydrogens is 233 g/mol. The van der Waals surface area contributed by atoms with E-state index in [1.54, 1.807) is 19.2 Å². The first-order valence-electron chi connectivity index (χ1n) is 4.60. The first-order chi connectivity index (χ1) is 7.74. The van der Waals surface area contributed by atoms with E-state index in [9.17, 15) is 4.39 Å². The van der Waals surface area contributed by atoms with Crippen molar-refractivity contribution in [1.29, 1.82) is 0 Å². The summed E-state index contributed by atoms with van der Waals surface area (Å²) in [4.78, 5) is 0. The summed E-state index contributed by atoms with van der Waals surface area (Å²) in [6.45, 7) is 0.443. The summed E-state index contributed by atoms with van der Waals surface area (Å²) in [7, 11) is 1.76. The van der Waals surface area contributed by atoms with E-state index in [0.29, 0.717) is 12.4 Å². The molecule has 16 heavy (non-hydrogen) atoms.